The van der Waals surface area contributed by atoms with E-state index in [1.807, 2.05) is 0 Å². The van der Waals surface area contributed by atoms with Crippen LogP contribution >= 0.6 is 0 Å². The summed E-state index contributed by atoms with van der Waals surface area (Å²) >= 11 is 0. The Labute approximate surface area is 97.4 Å². The summed E-state index contributed by atoms with van der Waals surface area (Å²) in [6.07, 6.45) is -14.9. The first-order valence-corrected chi connectivity index (χ1v) is 4.05. The maximum absolute atomic E-state index is 12.6. The molecule has 0 aromatic heterocycles. The normalized spacial score (nSPS) is 14.4. The largest absolute Gasteiger partial charge is 0.460 e. The van der Waals surface area contributed by atoms with E-state index in [0.29, 0.717) is 0 Å². The van der Waals surface area contributed by atoms with Gasteiger partial charge in [0.15, 0.2) is 0 Å². The number of hydrogen-bond acceptors (Lipinski definition) is 2. The molecule has 0 fully saturated rings. The highest BCUT2D eigenvalue weighted by Crippen LogP contribution is 2.47. The molecular formula is C7H3F10NO. The molecule has 0 rings (SSSR count). The molecule has 0 aliphatic rings. The second-order valence-corrected chi connectivity index (χ2v) is 3.25. The van der Waals surface area contributed by atoms with Gasteiger partial charge in [0.25, 0.3) is 5.78 Å². The molecule has 0 aliphatic heterocycles. The Kier molecular flexibility index (Phi) is 4.30. The van der Waals surface area contributed by atoms with Crippen LogP contribution in [0.5, 0.6) is 0 Å². The third-order valence-electron chi connectivity index (χ3n) is 1.69. The molecule has 0 atom stereocenters. The van der Waals surface area contributed by atoms with E-state index < -0.39 is 42.1 Å². The van der Waals surface area contributed by atoms with Gasteiger partial charge in [-0.05, 0) is 0 Å². The molecular weight excluding hydrogens is 304 g/mol. The van der Waals surface area contributed by atoms with Gasteiger partial charge in [-0.15, -0.1) is 0 Å². The number of hydrogen-bond donors (Lipinski definition) is 1. The molecule has 0 saturated carbocycles. The molecule has 0 amide bonds. The molecule has 0 heterocycles. The van der Waals surface area contributed by atoms with E-state index in [9.17, 15) is 48.7 Å². The number of rotatable bonds is 4. The summed E-state index contributed by atoms with van der Waals surface area (Å²) in [5, 5.41) is 6.24. The van der Waals surface area contributed by atoms with Crippen molar-refractivity contribution in [3.63, 3.8) is 0 Å². The van der Waals surface area contributed by atoms with Crippen LogP contribution in [0.25, 0.3) is 0 Å². The minimum Gasteiger partial charge on any atom is -0.301 e. The van der Waals surface area contributed by atoms with Gasteiger partial charge < -0.3 is 5.41 Å². The Morgan fingerprint density at radius 2 is 1.21 bits per heavy atom. The molecule has 0 saturated heterocycles. The van der Waals surface area contributed by atoms with E-state index in [1.54, 1.807) is 0 Å². The van der Waals surface area contributed by atoms with Crippen molar-refractivity contribution in [2.75, 3.05) is 0 Å². The zero-order chi connectivity index (χ0) is 15.9. The summed E-state index contributed by atoms with van der Waals surface area (Å²) in [6.45, 7) is 0. The highest BCUT2D eigenvalue weighted by Gasteiger charge is 2.76. The zero-order valence-corrected chi connectivity index (χ0v) is 8.39. The Morgan fingerprint density at radius 3 is 1.47 bits per heavy atom. The number of alkyl halides is 10. The molecule has 0 aromatic carbocycles. The molecule has 112 valence electrons. The first-order chi connectivity index (χ1) is 8.04. The summed E-state index contributed by atoms with van der Waals surface area (Å²) in [5.74, 6) is -16.9. The van der Waals surface area contributed by atoms with E-state index in [0.717, 1.165) is 0 Å². The lowest BCUT2D eigenvalue weighted by atomic mass is 10.0. The molecule has 19 heavy (non-hydrogen) atoms. The monoisotopic (exact) mass is 307 g/mol. The number of carbonyl (C=O) groups is 1. The summed E-state index contributed by atoms with van der Waals surface area (Å²) in [7, 11) is 0. The Balaban J connectivity index is 5.34. The van der Waals surface area contributed by atoms with Crippen molar-refractivity contribution in [2.45, 2.75) is 30.6 Å². The van der Waals surface area contributed by atoms with Gasteiger partial charge >= 0.3 is 24.2 Å². The highest BCUT2D eigenvalue weighted by atomic mass is 19.4. The van der Waals surface area contributed by atoms with E-state index >= 15 is 0 Å². The Hall–Kier alpha value is -1.36. The Bertz CT molecular complexity index is 378. The van der Waals surface area contributed by atoms with Crippen LogP contribution in [0.4, 0.5) is 43.9 Å². The molecule has 0 aromatic rings. The van der Waals surface area contributed by atoms with Crippen LogP contribution in [0.15, 0.2) is 0 Å². The maximum atomic E-state index is 12.6. The van der Waals surface area contributed by atoms with E-state index in [-0.39, 0.29) is 0 Å². The van der Waals surface area contributed by atoms with Gasteiger partial charge in [-0.3, -0.25) is 4.79 Å². The van der Waals surface area contributed by atoms with Crippen LogP contribution in [0.2, 0.25) is 0 Å². The van der Waals surface area contributed by atoms with Gasteiger partial charge in [0.05, 0.1) is 12.1 Å². The van der Waals surface area contributed by atoms with Crippen molar-refractivity contribution < 1.29 is 48.7 Å². The summed E-state index contributed by atoms with van der Waals surface area (Å²) in [6, 6.07) is 0. The summed E-state index contributed by atoms with van der Waals surface area (Å²) < 4.78 is 119. The van der Waals surface area contributed by atoms with Gasteiger partial charge in [0, 0.05) is 0 Å². The fraction of sp³-hybridized carbons (Fsp3) is 0.714. The first-order valence-electron chi connectivity index (χ1n) is 4.05. The molecule has 0 radical (unpaired) electrons. The predicted molar refractivity (Wildman–Crippen MR) is 39.4 cm³/mol. The Morgan fingerprint density at radius 1 is 0.842 bits per heavy atom. The first kappa shape index (κ1) is 17.6. The van der Waals surface area contributed by atoms with Crippen LogP contribution in [0, 0.1) is 5.41 Å². The number of nitrogens with one attached hydrogen (secondary N) is 1. The number of Topliss-reactive ketones (excluding diaryl/α,β-unsaturated/α-hetero) is 1. The molecule has 2 nitrogen and oxygen atoms in total. The zero-order valence-electron chi connectivity index (χ0n) is 8.39. The summed E-state index contributed by atoms with van der Waals surface area (Å²) in [4.78, 5) is 10.5. The molecule has 0 aliphatic carbocycles. The summed E-state index contributed by atoms with van der Waals surface area (Å²) in [5.41, 5.74) is -2.60. The van der Waals surface area contributed by atoms with Crippen LogP contribution in [-0.4, -0.2) is 35.7 Å². The topological polar surface area (TPSA) is 40.9 Å². The van der Waals surface area contributed by atoms with Crippen LogP contribution in [-0.2, 0) is 4.79 Å². The minimum absolute atomic E-state index is 2.60. The third kappa shape index (κ3) is 3.56. The molecule has 12 heteroatoms. The van der Waals surface area contributed by atoms with Gasteiger partial charge in [0.1, 0.15) is 0 Å². The maximum Gasteiger partial charge on any atom is 0.460 e. The smallest absolute Gasteiger partial charge is 0.301 e. The number of ketones is 1. The lowest BCUT2D eigenvalue weighted by molar-refractivity contribution is -0.342. The van der Waals surface area contributed by atoms with E-state index in [2.05, 4.69) is 0 Å². The SMILES string of the molecule is N=C(CC(F)(F)F)C(=O)C(F)(F)C(F)(F)C(F)(F)F. The fourth-order valence-corrected chi connectivity index (χ4v) is 0.791. The van der Waals surface area contributed by atoms with Gasteiger partial charge in [-0.2, -0.15) is 43.9 Å². The fourth-order valence-electron chi connectivity index (χ4n) is 0.791. The van der Waals surface area contributed by atoms with Crippen molar-refractivity contribution >= 4 is 11.5 Å². The number of halogens is 10. The molecule has 0 bridgehead atoms. The van der Waals surface area contributed by atoms with Gasteiger partial charge in [-0.25, -0.2) is 0 Å². The van der Waals surface area contributed by atoms with Crippen molar-refractivity contribution in [2.24, 2.45) is 0 Å². The van der Waals surface area contributed by atoms with Gasteiger partial charge in [0.2, 0.25) is 0 Å². The van der Waals surface area contributed by atoms with Crippen molar-refractivity contribution in [1.29, 1.82) is 5.41 Å². The number of carbonyl (C=O) groups excluding carboxylic acids is 1. The predicted octanol–water partition coefficient (Wildman–Crippen LogP) is 3.36. The highest BCUT2D eigenvalue weighted by molar-refractivity contribution is 6.41. The minimum atomic E-state index is -6.88. The lowest BCUT2D eigenvalue weighted by Crippen LogP contribution is -2.58. The van der Waals surface area contributed by atoms with Crippen molar-refractivity contribution in [3.8, 4) is 0 Å². The second-order valence-electron chi connectivity index (χ2n) is 3.25. The van der Waals surface area contributed by atoms with Gasteiger partial charge in [-0.1, -0.05) is 0 Å². The molecule has 0 spiro atoms. The average molecular weight is 307 g/mol. The van der Waals surface area contributed by atoms with Crippen molar-refractivity contribution in [1.82, 2.24) is 0 Å². The lowest BCUT2D eigenvalue weighted by Gasteiger charge is -2.27. The average Bonchev–Trinajstić information content (AvgIpc) is 2.11. The molecule has 0 unspecified atom stereocenters. The third-order valence-corrected chi connectivity index (χ3v) is 1.69. The standard InChI is InChI=1S/C7H3F10NO/c8-4(9,10)1-2(18)3(19)5(11,12)6(13,14)7(15,16)17/h18H,1H2. The van der Waals surface area contributed by atoms with Crippen molar-refractivity contribution in [3.05, 3.63) is 0 Å². The van der Waals surface area contributed by atoms with E-state index in [1.165, 1.54) is 0 Å². The van der Waals surface area contributed by atoms with E-state index in [4.69, 9.17) is 5.41 Å². The molecule has 1 N–H and O–H groups in total. The van der Waals surface area contributed by atoms with Crippen LogP contribution < -0.4 is 0 Å². The van der Waals surface area contributed by atoms with Crippen LogP contribution in [0.3, 0.4) is 0 Å². The van der Waals surface area contributed by atoms with Crippen LogP contribution in [0.1, 0.15) is 6.42 Å². The quantitative estimate of drug-likeness (QED) is 0.628. The second kappa shape index (κ2) is 4.63.